The molecule has 0 spiro atoms. The lowest BCUT2D eigenvalue weighted by molar-refractivity contribution is 1.18. The molecule has 9 aromatic carbocycles. The van der Waals surface area contributed by atoms with Crippen LogP contribution in [0.15, 0.2) is 182 Å². The lowest BCUT2D eigenvalue weighted by Gasteiger charge is -2.11. The SMILES string of the molecule is c1ccc(-n2c3ccccc3c3cc(-c4ccc5c(c4)c4c6cccc7c6c(cc4n5-c4ccc5sc6ccccc6c5c4)-c4ccccc4-7)ccc32)cc1. The predicted octanol–water partition coefficient (Wildman–Crippen LogP) is 14.7. The molecule has 0 atom stereocenters. The lowest BCUT2D eigenvalue weighted by Crippen LogP contribution is -1.94. The minimum atomic E-state index is 1.18. The number of rotatable bonds is 3. The van der Waals surface area contributed by atoms with Crippen LogP contribution in [0.25, 0.3) is 119 Å². The molecule has 3 heterocycles. The molecule has 3 aromatic heterocycles. The van der Waals surface area contributed by atoms with Crippen molar-refractivity contribution in [2.45, 2.75) is 0 Å². The highest BCUT2D eigenvalue weighted by atomic mass is 32.1. The van der Waals surface area contributed by atoms with Crippen molar-refractivity contribution in [1.82, 2.24) is 9.13 Å². The molecule has 0 radical (unpaired) electrons. The zero-order valence-corrected chi connectivity index (χ0v) is 30.4. The average molecular weight is 715 g/mol. The van der Waals surface area contributed by atoms with Crippen LogP contribution in [-0.2, 0) is 0 Å². The van der Waals surface area contributed by atoms with Gasteiger partial charge in [-0.3, -0.25) is 0 Å². The maximum absolute atomic E-state index is 2.51. The maximum Gasteiger partial charge on any atom is 0.0553 e. The van der Waals surface area contributed by atoms with Crippen LogP contribution in [0.5, 0.6) is 0 Å². The van der Waals surface area contributed by atoms with Gasteiger partial charge in [-0.15, -0.1) is 11.3 Å². The summed E-state index contributed by atoms with van der Waals surface area (Å²) < 4.78 is 7.55. The Balaban J connectivity index is 1.11. The predicted molar refractivity (Wildman–Crippen MR) is 235 cm³/mol. The van der Waals surface area contributed by atoms with Crippen molar-refractivity contribution in [3.63, 3.8) is 0 Å². The highest BCUT2D eigenvalue weighted by Crippen LogP contribution is 2.51. The first-order valence-corrected chi connectivity index (χ1v) is 19.7. The third kappa shape index (κ3) is 3.97. The van der Waals surface area contributed by atoms with E-state index in [0.29, 0.717) is 0 Å². The second-order valence-corrected chi connectivity index (χ2v) is 15.9. The number of nitrogens with zero attached hydrogens (tertiary/aromatic N) is 2. The number of para-hydroxylation sites is 2. The normalized spacial score (nSPS) is 12.4. The summed E-state index contributed by atoms with van der Waals surface area (Å²) in [6.45, 7) is 0. The van der Waals surface area contributed by atoms with Crippen LogP contribution in [-0.4, -0.2) is 9.13 Å². The molecule has 2 nitrogen and oxygen atoms in total. The molecule has 3 heteroatoms. The Kier molecular flexibility index (Phi) is 5.80. The second kappa shape index (κ2) is 10.8. The Hall–Kier alpha value is -6.94. The molecule has 0 saturated heterocycles. The third-order valence-corrected chi connectivity index (χ3v) is 13.2. The summed E-state index contributed by atoms with van der Waals surface area (Å²) in [4.78, 5) is 0. The third-order valence-electron chi connectivity index (χ3n) is 12.0. The fraction of sp³-hybridized carbons (Fsp3) is 0. The average Bonchev–Trinajstić information content (AvgIpc) is 3.98. The van der Waals surface area contributed by atoms with E-state index in [1.54, 1.807) is 0 Å². The molecule has 0 aliphatic heterocycles. The Morgan fingerprint density at radius 2 is 0.909 bits per heavy atom. The van der Waals surface area contributed by atoms with E-state index in [1.165, 1.54) is 119 Å². The Morgan fingerprint density at radius 3 is 1.76 bits per heavy atom. The van der Waals surface area contributed by atoms with Crippen molar-refractivity contribution in [3.8, 4) is 44.8 Å². The van der Waals surface area contributed by atoms with E-state index < -0.39 is 0 Å². The molecular formula is C52H30N2S. The van der Waals surface area contributed by atoms with Crippen LogP contribution < -0.4 is 0 Å². The molecule has 0 unspecified atom stereocenters. The fourth-order valence-corrected chi connectivity index (χ4v) is 10.8. The van der Waals surface area contributed by atoms with Crippen molar-refractivity contribution in [3.05, 3.63) is 182 Å². The summed E-state index contributed by atoms with van der Waals surface area (Å²) in [7, 11) is 0. The standard InChI is InChI=1S/C52H30N2S/c1-2-11-33(12-3-1)53-45-19-8-6-15-37(45)41-27-31(21-24-46(41)53)32-22-25-47-44(28-32)52-40-18-10-17-39-35-13-4-5-14-36(35)43(51(39)40)30-48(52)54(47)34-23-26-50-42(29-34)38-16-7-9-20-49(38)55-50/h1-30H. The van der Waals surface area contributed by atoms with Crippen LogP contribution in [0.4, 0.5) is 0 Å². The van der Waals surface area contributed by atoms with Gasteiger partial charge in [0.1, 0.15) is 0 Å². The zero-order chi connectivity index (χ0) is 35.8. The molecule has 13 rings (SSSR count). The maximum atomic E-state index is 2.51. The van der Waals surface area contributed by atoms with Gasteiger partial charge in [0, 0.05) is 53.1 Å². The molecule has 254 valence electrons. The first kappa shape index (κ1) is 29.5. The molecule has 12 aromatic rings. The molecule has 0 N–H and O–H groups in total. The van der Waals surface area contributed by atoms with Gasteiger partial charge in [-0.25, -0.2) is 0 Å². The van der Waals surface area contributed by atoms with Gasteiger partial charge in [0.15, 0.2) is 0 Å². The summed E-state index contributed by atoms with van der Waals surface area (Å²) in [5.41, 5.74) is 15.0. The van der Waals surface area contributed by atoms with Crippen LogP contribution in [0.1, 0.15) is 0 Å². The van der Waals surface area contributed by atoms with Gasteiger partial charge < -0.3 is 9.13 Å². The number of benzene rings is 9. The molecule has 0 fully saturated rings. The van der Waals surface area contributed by atoms with Crippen molar-refractivity contribution >= 4 is 85.9 Å². The molecular weight excluding hydrogens is 685 g/mol. The van der Waals surface area contributed by atoms with E-state index in [2.05, 4.69) is 191 Å². The van der Waals surface area contributed by atoms with Crippen molar-refractivity contribution in [2.75, 3.05) is 0 Å². The van der Waals surface area contributed by atoms with Crippen molar-refractivity contribution in [1.29, 1.82) is 0 Å². The van der Waals surface area contributed by atoms with Crippen molar-refractivity contribution < 1.29 is 0 Å². The minimum Gasteiger partial charge on any atom is -0.309 e. The summed E-state index contributed by atoms with van der Waals surface area (Å²) in [6, 6.07) is 67.7. The molecule has 0 saturated carbocycles. The monoisotopic (exact) mass is 714 g/mol. The first-order chi connectivity index (χ1) is 27.3. The number of fused-ring (bicyclic) bond motifs is 13. The Bertz CT molecular complexity index is 3600. The van der Waals surface area contributed by atoms with Gasteiger partial charge in [-0.2, -0.15) is 0 Å². The van der Waals surface area contributed by atoms with Crippen LogP contribution >= 0.6 is 11.3 Å². The van der Waals surface area contributed by atoms with Gasteiger partial charge in [0.25, 0.3) is 0 Å². The molecule has 0 bridgehead atoms. The van der Waals surface area contributed by atoms with Gasteiger partial charge in [0.2, 0.25) is 0 Å². The van der Waals surface area contributed by atoms with Crippen LogP contribution in [0.3, 0.4) is 0 Å². The number of thiophene rings is 1. The van der Waals surface area contributed by atoms with E-state index in [9.17, 15) is 0 Å². The van der Waals surface area contributed by atoms with E-state index >= 15 is 0 Å². The first-order valence-electron chi connectivity index (χ1n) is 18.9. The molecule has 0 amide bonds. The van der Waals surface area contributed by atoms with Crippen LogP contribution in [0, 0.1) is 0 Å². The van der Waals surface area contributed by atoms with E-state index in [1.807, 2.05) is 11.3 Å². The summed E-state index contributed by atoms with van der Waals surface area (Å²) in [5, 5.41) is 10.4. The van der Waals surface area contributed by atoms with E-state index in [4.69, 9.17) is 0 Å². The topological polar surface area (TPSA) is 9.86 Å². The molecule has 1 aliphatic rings. The summed E-state index contributed by atoms with van der Waals surface area (Å²) in [5.74, 6) is 0. The lowest BCUT2D eigenvalue weighted by atomic mass is 9.96. The number of aromatic nitrogens is 2. The molecule has 55 heavy (non-hydrogen) atoms. The minimum absolute atomic E-state index is 1.18. The number of hydrogen-bond donors (Lipinski definition) is 0. The summed E-state index contributed by atoms with van der Waals surface area (Å²) in [6.07, 6.45) is 0. The largest absolute Gasteiger partial charge is 0.309 e. The van der Waals surface area contributed by atoms with Gasteiger partial charge >= 0.3 is 0 Å². The van der Waals surface area contributed by atoms with Gasteiger partial charge in [-0.1, -0.05) is 109 Å². The second-order valence-electron chi connectivity index (χ2n) is 14.9. The van der Waals surface area contributed by atoms with Gasteiger partial charge in [-0.05, 0) is 117 Å². The van der Waals surface area contributed by atoms with E-state index in [-0.39, 0.29) is 0 Å². The zero-order valence-electron chi connectivity index (χ0n) is 29.6. The van der Waals surface area contributed by atoms with Gasteiger partial charge in [0.05, 0.1) is 22.1 Å². The van der Waals surface area contributed by atoms with E-state index in [0.717, 1.165) is 0 Å². The van der Waals surface area contributed by atoms with Crippen molar-refractivity contribution in [2.24, 2.45) is 0 Å². The highest BCUT2D eigenvalue weighted by molar-refractivity contribution is 7.25. The summed E-state index contributed by atoms with van der Waals surface area (Å²) >= 11 is 1.87. The fourth-order valence-electron chi connectivity index (χ4n) is 9.70. The highest BCUT2D eigenvalue weighted by Gasteiger charge is 2.26. The Morgan fingerprint density at radius 1 is 0.291 bits per heavy atom. The number of hydrogen-bond acceptors (Lipinski definition) is 1. The van der Waals surface area contributed by atoms with Crippen LogP contribution in [0.2, 0.25) is 0 Å². The molecule has 1 aliphatic carbocycles. The quantitative estimate of drug-likeness (QED) is 0.172. The Labute approximate surface area is 320 Å². The smallest absolute Gasteiger partial charge is 0.0553 e.